The highest BCUT2D eigenvalue weighted by molar-refractivity contribution is 5.86. The third kappa shape index (κ3) is 7.91. The Balaban J connectivity index is 1.19. The maximum absolute atomic E-state index is 14.1. The molecule has 0 spiro atoms. The summed E-state index contributed by atoms with van der Waals surface area (Å²) >= 11 is 0. The van der Waals surface area contributed by atoms with Gasteiger partial charge in [-0.05, 0) is 96.0 Å². The van der Waals surface area contributed by atoms with Gasteiger partial charge in [0.1, 0.15) is 18.4 Å². The van der Waals surface area contributed by atoms with Crippen LogP contribution in [0.15, 0.2) is 35.3 Å². The molecule has 0 radical (unpaired) electrons. The van der Waals surface area contributed by atoms with Crippen LogP contribution in [-0.4, -0.2) is 103 Å². The first-order chi connectivity index (χ1) is 20.6. The molecule has 3 aliphatic heterocycles. The van der Waals surface area contributed by atoms with Gasteiger partial charge in [-0.1, -0.05) is 43.2 Å². The number of nitrogens with two attached hydrogens (primary N) is 1. The fraction of sp³-hybridized carbons (Fsp3) is 0.727. The normalized spacial score (nSPS) is 29.6. The molecular formula is C33H52N6O3. The Morgan fingerprint density at radius 3 is 2.55 bits per heavy atom. The number of hydrogen-bond acceptors (Lipinski definition) is 8. The van der Waals surface area contributed by atoms with Crippen molar-refractivity contribution in [3.05, 3.63) is 35.9 Å². The van der Waals surface area contributed by atoms with E-state index in [1.54, 1.807) is 0 Å². The lowest BCUT2D eigenvalue weighted by Crippen LogP contribution is -2.61. The third-order valence-corrected chi connectivity index (χ3v) is 9.82. The van der Waals surface area contributed by atoms with E-state index in [1.165, 1.54) is 32.4 Å². The number of aliphatic imine (C=N–C) groups is 1. The van der Waals surface area contributed by atoms with Gasteiger partial charge >= 0.3 is 0 Å². The van der Waals surface area contributed by atoms with E-state index >= 15 is 0 Å². The van der Waals surface area contributed by atoms with Crippen LogP contribution >= 0.6 is 0 Å². The molecule has 1 aliphatic carbocycles. The van der Waals surface area contributed by atoms with E-state index in [4.69, 9.17) is 15.5 Å². The molecule has 0 aromatic heterocycles. The lowest BCUT2D eigenvalue weighted by atomic mass is 9.85. The van der Waals surface area contributed by atoms with E-state index in [2.05, 4.69) is 29.3 Å². The van der Waals surface area contributed by atoms with Crippen LogP contribution in [-0.2, 0) is 14.3 Å². The summed E-state index contributed by atoms with van der Waals surface area (Å²) < 4.78 is 6.30. The summed E-state index contributed by atoms with van der Waals surface area (Å²) in [4.78, 5) is 37.7. The van der Waals surface area contributed by atoms with Crippen molar-refractivity contribution in [2.45, 2.75) is 101 Å². The Kier molecular flexibility index (Phi) is 11.3. The van der Waals surface area contributed by atoms with Gasteiger partial charge in [0, 0.05) is 25.7 Å². The highest BCUT2D eigenvalue weighted by Crippen LogP contribution is 2.31. The quantitative estimate of drug-likeness (QED) is 0.306. The Hall–Kier alpha value is -2.49. The summed E-state index contributed by atoms with van der Waals surface area (Å²) in [6, 6.07) is 10.3. The van der Waals surface area contributed by atoms with Gasteiger partial charge in [0.15, 0.2) is 0 Å². The molecular weight excluding hydrogens is 528 g/mol. The highest BCUT2D eigenvalue weighted by atomic mass is 16.5. The smallest absolute Gasteiger partial charge is 0.288 e. The van der Waals surface area contributed by atoms with Crippen molar-refractivity contribution in [3.63, 3.8) is 0 Å². The van der Waals surface area contributed by atoms with E-state index in [9.17, 15) is 9.59 Å². The predicted molar refractivity (Wildman–Crippen MR) is 166 cm³/mol. The molecule has 4 atom stereocenters. The largest absolute Gasteiger partial charge is 0.455 e. The fourth-order valence-electron chi connectivity index (χ4n) is 7.20. The number of carbonyl (C=O) groups is 2. The van der Waals surface area contributed by atoms with Crippen LogP contribution in [0.3, 0.4) is 0 Å². The number of carbonyl (C=O) groups excluding carboxylic acids is 2. The zero-order chi connectivity index (χ0) is 29.3. The number of piperazine rings is 1. The van der Waals surface area contributed by atoms with Crippen molar-refractivity contribution >= 4 is 18.2 Å². The zero-order valence-corrected chi connectivity index (χ0v) is 25.5. The molecule has 42 heavy (non-hydrogen) atoms. The van der Waals surface area contributed by atoms with Crippen LogP contribution in [0, 0.1) is 5.92 Å². The van der Waals surface area contributed by atoms with Gasteiger partial charge in [0.25, 0.3) is 6.02 Å². The predicted octanol–water partition coefficient (Wildman–Crippen LogP) is 3.35. The van der Waals surface area contributed by atoms with Crippen molar-refractivity contribution in [1.29, 1.82) is 0 Å². The molecule has 1 amide bonds. The maximum Gasteiger partial charge on any atom is 0.288 e. The number of ether oxygens (including phenoxy) is 1. The number of unbranched alkanes of at least 4 members (excludes halogenated alkanes) is 1. The molecule has 3 heterocycles. The molecule has 0 bridgehead atoms. The number of piperidine rings is 1. The van der Waals surface area contributed by atoms with Gasteiger partial charge in [0.2, 0.25) is 5.91 Å². The van der Waals surface area contributed by atoms with Gasteiger partial charge in [0.05, 0.1) is 12.1 Å². The van der Waals surface area contributed by atoms with Gasteiger partial charge in [-0.25, -0.2) is 4.99 Å². The maximum atomic E-state index is 14.1. The van der Waals surface area contributed by atoms with E-state index in [0.29, 0.717) is 37.6 Å². The summed E-state index contributed by atoms with van der Waals surface area (Å²) in [5.41, 5.74) is 7.03. The van der Waals surface area contributed by atoms with Crippen molar-refractivity contribution in [2.24, 2.45) is 16.6 Å². The number of nitrogens with zero attached hydrogens (tertiary/aromatic N) is 4. The third-order valence-electron chi connectivity index (χ3n) is 9.82. The first kappa shape index (κ1) is 31.0. The van der Waals surface area contributed by atoms with E-state index < -0.39 is 6.04 Å². The van der Waals surface area contributed by atoms with Crippen LogP contribution in [0.4, 0.5) is 0 Å². The lowest BCUT2D eigenvalue weighted by Gasteiger charge is -2.41. The molecule has 3 N–H and O–H groups in total. The Morgan fingerprint density at radius 1 is 1.07 bits per heavy atom. The van der Waals surface area contributed by atoms with Gasteiger partial charge < -0.3 is 35.3 Å². The van der Waals surface area contributed by atoms with Crippen molar-refractivity contribution in [2.75, 3.05) is 45.8 Å². The molecule has 1 saturated carbocycles. The second-order valence-electron chi connectivity index (χ2n) is 12.9. The molecule has 2 saturated heterocycles. The van der Waals surface area contributed by atoms with E-state index in [1.807, 2.05) is 28.0 Å². The minimum atomic E-state index is -0.519. The SMILES string of the molecule is C[C@@H]1N=C(N2CCN(C(=O)[C@@H](CCCCN3CCCCC3)NC3CCC(CN)CC3)[C@H](C=O)C2)OC1c1ccccc1. The average Bonchev–Trinajstić information content (AvgIpc) is 3.44. The summed E-state index contributed by atoms with van der Waals surface area (Å²) in [6.07, 6.45) is 12.0. The van der Waals surface area contributed by atoms with Crippen LogP contribution in [0.2, 0.25) is 0 Å². The zero-order valence-electron chi connectivity index (χ0n) is 25.5. The summed E-state index contributed by atoms with van der Waals surface area (Å²) in [7, 11) is 0. The van der Waals surface area contributed by atoms with Crippen LogP contribution < -0.4 is 11.1 Å². The standard InChI is InChI=1S/C33H52N6O3/c1-25-31(27-10-4-2-5-11-27)42-33(35-25)38-20-21-39(29(23-38)24-40)32(41)30(36-28-15-13-26(22-34)14-16-28)12-6-9-19-37-17-7-3-8-18-37/h2,4-5,10-11,24-26,28-31,36H,3,6-9,12-23,34H2,1H3/t25-,26?,28?,29-,30+,31?/m0/s1. The number of benzene rings is 1. The minimum Gasteiger partial charge on any atom is -0.455 e. The Labute approximate surface area is 252 Å². The molecule has 1 aromatic rings. The van der Waals surface area contributed by atoms with Gasteiger partial charge in [-0.15, -0.1) is 0 Å². The Bertz CT molecular complexity index is 1020. The van der Waals surface area contributed by atoms with E-state index in [-0.39, 0.29) is 24.1 Å². The van der Waals surface area contributed by atoms with Crippen molar-refractivity contribution in [1.82, 2.24) is 20.0 Å². The topological polar surface area (TPSA) is 104 Å². The first-order valence-corrected chi connectivity index (χ1v) is 16.5. The number of amides is 1. The monoisotopic (exact) mass is 580 g/mol. The van der Waals surface area contributed by atoms with Crippen LogP contribution in [0.5, 0.6) is 0 Å². The number of hydrogen-bond donors (Lipinski definition) is 2. The fourth-order valence-corrected chi connectivity index (χ4v) is 7.20. The summed E-state index contributed by atoms with van der Waals surface area (Å²) in [5, 5.41) is 3.75. The van der Waals surface area contributed by atoms with E-state index in [0.717, 1.165) is 69.9 Å². The Morgan fingerprint density at radius 2 is 1.83 bits per heavy atom. The van der Waals surface area contributed by atoms with Crippen LogP contribution in [0.1, 0.15) is 82.8 Å². The molecule has 3 fully saturated rings. The van der Waals surface area contributed by atoms with Crippen molar-refractivity contribution in [3.8, 4) is 0 Å². The number of rotatable bonds is 11. The molecule has 9 heteroatoms. The second kappa shape index (κ2) is 15.3. The number of nitrogens with one attached hydrogen (secondary N) is 1. The molecule has 232 valence electrons. The van der Waals surface area contributed by atoms with Crippen LogP contribution in [0.25, 0.3) is 0 Å². The second-order valence-corrected chi connectivity index (χ2v) is 12.9. The molecule has 9 nitrogen and oxygen atoms in total. The molecule has 1 unspecified atom stereocenters. The summed E-state index contributed by atoms with van der Waals surface area (Å²) in [5.74, 6) is 0.662. The van der Waals surface area contributed by atoms with Gasteiger partial charge in [-0.3, -0.25) is 4.79 Å². The molecule has 1 aromatic carbocycles. The lowest BCUT2D eigenvalue weighted by molar-refractivity contribution is -0.141. The summed E-state index contributed by atoms with van der Waals surface area (Å²) in [6.45, 7) is 7.83. The molecule has 4 aliphatic rings. The average molecular weight is 581 g/mol. The highest BCUT2D eigenvalue weighted by Gasteiger charge is 2.39. The number of likely N-dealkylation sites (tertiary alicyclic amines) is 1. The minimum absolute atomic E-state index is 0.00961. The van der Waals surface area contributed by atoms with Crippen molar-refractivity contribution < 1.29 is 14.3 Å². The molecule has 5 rings (SSSR count). The number of aldehydes is 1. The van der Waals surface area contributed by atoms with Gasteiger partial charge in [-0.2, -0.15) is 0 Å². The first-order valence-electron chi connectivity index (χ1n) is 16.5. The number of amidine groups is 1.